The van der Waals surface area contributed by atoms with Crippen molar-refractivity contribution < 1.29 is 0 Å². The number of halogens is 1. The average Bonchev–Trinajstić information content (AvgIpc) is 2.02. The van der Waals surface area contributed by atoms with Crippen LogP contribution >= 0.6 is 27.7 Å². The highest BCUT2D eigenvalue weighted by Crippen LogP contribution is 2.33. The normalized spacial score (nSPS) is 27.7. The molecule has 0 saturated heterocycles. The molecule has 0 aromatic heterocycles. The van der Waals surface area contributed by atoms with Gasteiger partial charge in [0.2, 0.25) is 0 Å². The minimum absolute atomic E-state index is 0.817. The van der Waals surface area contributed by atoms with Crippen molar-refractivity contribution in [2.45, 2.75) is 24.1 Å². The van der Waals surface area contributed by atoms with Crippen molar-refractivity contribution >= 4 is 27.7 Å². The Morgan fingerprint density at radius 2 is 2.15 bits per heavy atom. The van der Waals surface area contributed by atoms with Gasteiger partial charge in [-0.2, -0.15) is 11.8 Å². The number of hydrogen-bond acceptors (Lipinski definition) is 2. The van der Waals surface area contributed by atoms with E-state index < -0.39 is 0 Å². The van der Waals surface area contributed by atoms with Crippen molar-refractivity contribution in [1.29, 1.82) is 0 Å². The van der Waals surface area contributed by atoms with E-state index in [9.17, 15) is 0 Å². The van der Waals surface area contributed by atoms with Crippen LogP contribution < -0.4 is 0 Å². The zero-order valence-electron chi connectivity index (χ0n) is 8.63. The first-order valence-corrected chi connectivity index (χ1v) is 7.35. The van der Waals surface area contributed by atoms with Crippen LogP contribution in [0.5, 0.6) is 0 Å². The van der Waals surface area contributed by atoms with Crippen LogP contribution in [0, 0.1) is 5.92 Å². The molecule has 0 heterocycles. The molecule has 0 amide bonds. The van der Waals surface area contributed by atoms with Gasteiger partial charge < -0.3 is 4.90 Å². The number of hydrogen-bond donors (Lipinski definition) is 0. The van der Waals surface area contributed by atoms with Crippen LogP contribution in [0.1, 0.15) is 19.3 Å². The highest BCUT2D eigenvalue weighted by atomic mass is 79.9. The summed E-state index contributed by atoms with van der Waals surface area (Å²) in [4.78, 5) is 3.30. The maximum absolute atomic E-state index is 3.63. The van der Waals surface area contributed by atoms with E-state index in [4.69, 9.17) is 0 Å². The molecule has 0 radical (unpaired) electrons. The molecule has 1 rings (SSSR count). The van der Waals surface area contributed by atoms with Gasteiger partial charge in [0.25, 0.3) is 0 Å². The summed E-state index contributed by atoms with van der Waals surface area (Å²) in [6.07, 6.45) is 6.28. The molecule has 0 atom stereocenters. The zero-order valence-corrected chi connectivity index (χ0v) is 11.0. The SMILES string of the molecule is CSCCCN(C)CC1CC(Br)C1. The van der Waals surface area contributed by atoms with E-state index in [1.54, 1.807) is 0 Å². The second kappa shape index (κ2) is 6.31. The van der Waals surface area contributed by atoms with Crippen molar-refractivity contribution in [2.75, 3.05) is 32.1 Å². The van der Waals surface area contributed by atoms with Crippen LogP contribution in [0.25, 0.3) is 0 Å². The van der Waals surface area contributed by atoms with Gasteiger partial charge in [0, 0.05) is 11.4 Å². The minimum Gasteiger partial charge on any atom is -0.306 e. The molecular formula is C10H20BrNS. The lowest BCUT2D eigenvalue weighted by atomic mass is 9.85. The van der Waals surface area contributed by atoms with Gasteiger partial charge in [-0.25, -0.2) is 0 Å². The molecule has 0 unspecified atom stereocenters. The predicted octanol–water partition coefficient (Wildman–Crippen LogP) is 2.84. The maximum atomic E-state index is 3.63. The van der Waals surface area contributed by atoms with Crippen LogP contribution in [0.15, 0.2) is 0 Å². The summed E-state index contributed by atoms with van der Waals surface area (Å²) in [7, 11) is 2.25. The molecule has 1 saturated carbocycles. The Bertz CT molecular complexity index is 137. The van der Waals surface area contributed by atoms with Gasteiger partial charge >= 0.3 is 0 Å². The van der Waals surface area contributed by atoms with Crippen LogP contribution in [-0.4, -0.2) is 41.9 Å². The van der Waals surface area contributed by atoms with Gasteiger partial charge in [0.15, 0.2) is 0 Å². The third kappa shape index (κ3) is 4.71. The standard InChI is InChI=1S/C10H20BrNS/c1-12(4-3-5-13-2)8-9-6-10(11)7-9/h9-10H,3-8H2,1-2H3. The molecule has 0 spiro atoms. The van der Waals surface area contributed by atoms with E-state index in [0.29, 0.717) is 0 Å². The summed E-state index contributed by atoms with van der Waals surface area (Å²) in [6.45, 7) is 2.57. The quantitative estimate of drug-likeness (QED) is 0.537. The highest BCUT2D eigenvalue weighted by molar-refractivity contribution is 9.09. The largest absolute Gasteiger partial charge is 0.306 e. The summed E-state index contributed by atoms with van der Waals surface area (Å²) >= 11 is 5.58. The molecule has 1 nitrogen and oxygen atoms in total. The Hall–Kier alpha value is 0.790. The molecule has 3 heteroatoms. The third-order valence-corrected chi connectivity index (χ3v) is 4.08. The second-order valence-electron chi connectivity index (χ2n) is 4.04. The minimum atomic E-state index is 0.817. The first kappa shape index (κ1) is 11.9. The molecule has 1 fully saturated rings. The Kier molecular flexibility index (Phi) is 5.75. The lowest BCUT2D eigenvalue weighted by Crippen LogP contribution is -2.35. The first-order valence-electron chi connectivity index (χ1n) is 5.04. The molecule has 13 heavy (non-hydrogen) atoms. The number of nitrogens with zero attached hydrogens (tertiary/aromatic N) is 1. The van der Waals surface area contributed by atoms with Crippen molar-refractivity contribution in [3.8, 4) is 0 Å². The Morgan fingerprint density at radius 1 is 1.46 bits per heavy atom. The fourth-order valence-corrected chi connectivity index (χ4v) is 3.29. The summed E-state index contributed by atoms with van der Waals surface area (Å²) in [5, 5.41) is 0. The van der Waals surface area contributed by atoms with Crippen molar-refractivity contribution in [3.63, 3.8) is 0 Å². The lowest BCUT2D eigenvalue weighted by Gasteiger charge is -2.34. The van der Waals surface area contributed by atoms with Gasteiger partial charge in [-0.15, -0.1) is 0 Å². The van der Waals surface area contributed by atoms with Crippen LogP contribution in [-0.2, 0) is 0 Å². The zero-order chi connectivity index (χ0) is 9.68. The van der Waals surface area contributed by atoms with E-state index in [0.717, 1.165) is 10.7 Å². The fourth-order valence-electron chi connectivity index (χ4n) is 1.81. The van der Waals surface area contributed by atoms with Crippen LogP contribution in [0.3, 0.4) is 0 Å². The van der Waals surface area contributed by atoms with E-state index >= 15 is 0 Å². The number of thioether (sulfide) groups is 1. The van der Waals surface area contributed by atoms with E-state index in [1.807, 2.05) is 11.8 Å². The van der Waals surface area contributed by atoms with Crippen molar-refractivity contribution in [2.24, 2.45) is 5.92 Å². The van der Waals surface area contributed by atoms with Crippen molar-refractivity contribution in [1.82, 2.24) is 4.90 Å². The van der Waals surface area contributed by atoms with Gasteiger partial charge in [0.05, 0.1) is 0 Å². The molecule has 0 aromatic carbocycles. The van der Waals surface area contributed by atoms with E-state index in [1.165, 1.54) is 38.1 Å². The van der Waals surface area contributed by atoms with E-state index in [-0.39, 0.29) is 0 Å². The third-order valence-electron chi connectivity index (χ3n) is 2.64. The second-order valence-corrected chi connectivity index (χ2v) is 6.32. The molecular weight excluding hydrogens is 246 g/mol. The summed E-state index contributed by atoms with van der Waals surface area (Å²) in [6, 6.07) is 0. The lowest BCUT2D eigenvalue weighted by molar-refractivity contribution is 0.214. The summed E-state index contributed by atoms with van der Waals surface area (Å²) < 4.78 is 0. The molecule has 0 aromatic rings. The van der Waals surface area contributed by atoms with Gasteiger partial charge in [-0.3, -0.25) is 0 Å². The molecule has 1 aliphatic carbocycles. The predicted molar refractivity (Wildman–Crippen MR) is 65.9 cm³/mol. The topological polar surface area (TPSA) is 3.24 Å². The molecule has 0 aliphatic heterocycles. The average molecular weight is 266 g/mol. The molecule has 0 N–H and O–H groups in total. The smallest absolute Gasteiger partial charge is 0.0152 e. The van der Waals surface area contributed by atoms with Gasteiger partial charge in [-0.05, 0) is 50.8 Å². The number of alkyl halides is 1. The highest BCUT2D eigenvalue weighted by Gasteiger charge is 2.27. The first-order chi connectivity index (χ1) is 6.22. The molecule has 1 aliphatic rings. The Balaban J connectivity index is 1.95. The summed E-state index contributed by atoms with van der Waals surface area (Å²) in [5.74, 6) is 2.26. The van der Waals surface area contributed by atoms with Gasteiger partial charge in [-0.1, -0.05) is 15.9 Å². The molecule has 0 bridgehead atoms. The van der Waals surface area contributed by atoms with E-state index in [2.05, 4.69) is 34.1 Å². The molecule has 78 valence electrons. The van der Waals surface area contributed by atoms with Crippen LogP contribution in [0.4, 0.5) is 0 Å². The van der Waals surface area contributed by atoms with Gasteiger partial charge in [0.1, 0.15) is 0 Å². The number of rotatable bonds is 6. The maximum Gasteiger partial charge on any atom is 0.0152 e. The monoisotopic (exact) mass is 265 g/mol. The summed E-state index contributed by atoms with van der Waals surface area (Å²) in [5.41, 5.74) is 0. The van der Waals surface area contributed by atoms with Crippen LogP contribution in [0.2, 0.25) is 0 Å². The Morgan fingerprint density at radius 3 is 2.69 bits per heavy atom. The fraction of sp³-hybridized carbons (Fsp3) is 1.00. The Labute approximate surface area is 94.8 Å². The van der Waals surface area contributed by atoms with Crippen molar-refractivity contribution in [3.05, 3.63) is 0 Å².